The number of benzene rings is 2. The first-order valence-corrected chi connectivity index (χ1v) is 10.9. The highest BCUT2D eigenvalue weighted by atomic mass is 32.1. The lowest BCUT2D eigenvalue weighted by Gasteiger charge is -2.09. The SMILES string of the molecule is Cc1ccc(C)c(NC(=O)c2c(N)n(/N=C\c3cccs3)c3nc4ccccc4nc23)c1. The van der Waals surface area contributed by atoms with Crippen molar-refractivity contribution >= 4 is 57.2 Å². The molecule has 3 N–H and O–H groups in total. The number of carbonyl (C=O) groups is 1. The van der Waals surface area contributed by atoms with Crippen LogP contribution < -0.4 is 11.1 Å². The van der Waals surface area contributed by atoms with Crippen molar-refractivity contribution in [2.45, 2.75) is 13.8 Å². The van der Waals surface area contributed by atoms with Gasteiger partial charge in [0.05, 0.1) is 17.2 Å². The van der Waals surface area contributed by atoms with Crippen LogP contribution in [0.5, 0.6) is 0 Å². The molecule has 0 saturated heterocycles. The van der Waals surface area contributed by atoms with E-state index in [2.05, 4.69) is 10.4 Å². The Labute approximate surface area is 188 Å². The fraction of sp³-hybridized carbons (Fsp3) is 0.0833. The second-order valence-corrected chi connectivity index (χ2v) is 8.47. The topological polar surface area (TPSA) is 98.2 Å². The maximum atomic E-state index is 13.4. The zero-order valence-electron chi connectivity index (χ0n) is 17.5. The van der Waals surface area contributed by atoms with E-state index in [1.165, 1.54) is 4.68 Å². The number of carbonyl (C=O) groups excluding carboxylic acids is 1. The van der Waals surface area contributed by atoms with Crippen molar-refractivity contribution in [3.8, 4) is 0 Å². The maximum absolute atomic E-state index is 13.4. The van der Waals surface area contributed by atoms with E-state index < -0.39 is 0 Å². The molecule has 0 atom stereocenters. The normalized spacial score (nSPS) is 11.6. The molecule has 5 rings (SSSR count). The number of hydrogen-bond acceptors (Lipinski definition) is 6. The summed E-state index contributed by atoms with van der Waals surface area (Å²) in [5.41, 5.74) is 11.7. The number of anilines is 2. The third-order valence-corrected chi connectivity index (χ3v) is 5.99. The average Bonchev–Trinajstić information content (AvgIpc) is 3.39. The number of nitrogens with zero attached hydrogens (tertiary/aromatic N) is 4. The van der Waals surface area contributed by atoms with E-state index in [-0.39, 0.29) is 17.3 Å². The molecule has 32 heavy (non-hydrogen) atoms. The monoisotopic (exact) mass is 440 g/mol. The van der Waals surface area contributed by atoms with Gasteiger partial charge in [0.15, 0.2) is 5.65 Å². The minimum atomic E-state index is -0.351. The molecule has 0 radical (unpaired) electrons. The molecular formula is C24H20N6OS. The standard InChI is InChI=1S/C24H20N6OS/c1-14-9-10-15(2)19(12-14)29-24(31)20-21-23(28-18-8-4-3-7-17(18)27-21)30(22(20)25)26-13-16-6-5-11-32-16/h3-13H,25H2,1-2H3,(H,29,31)/b26-13-. The van der Waals surface area contributed by atoms with Gasteiger partial charge in [-0.3, -0.25) is 4.79 Å². The van der Waals surface area contributed by atoms with Crippen LogP contribution in [-0.2, 0) is 0 Å². The molecule has 0 saturated carbocycles. The number of amides is 1. The van der Waals surface area contributed by atoms with Gasteiger partial charge in [0.1, 0.15) is 16.9 Å². The minimum absolute atomic E-state index is 0.186. The molecule has 0 aliphatic rings. The smallest absolute Gasteiger partial charge is 0.261 e. The molecule has 0 bridgehead atoms. The van der Waals surface area contributed by atoms with Crippen molar-refractivity contribution in [3.05, 3.63) is 81.5 Å². The summed E-state index contributed by atoms with van der Waals surface area (Å²) < 4.78 is 1.48. The first kappa shape index (κ1) is 19.9. The highest BCUT2D eigenvalue weighted by molar-refractivity contribution is 7.11. The number of nitrogens with two attached hydrogens (primary N) is 1. The summed E-state index contributed by atoms with van der Waals surface area (Å²) in [5.74, 6) is -0.165. The van der Waals surface area contributed by atoms with Crippen molar-refractivity contribution in [2.24, 2.45) is 5.10 Å². The molecule has 0 fully saturated rings. The van der Waals surface area contributed by atoms with E-state index in [0.29, 0.717) is 22.2 Å². The molecule has 0 unspecified atom stereocenters. The molecule has 158 valence electrons. The van der Waals surface area contributed by atoms with Gasteiger partial charge in [-0.05, 0) is 54.6 Å². The summed E-state index contributed by atoms with van der Waals surface area (Å²) in [7, 11) is 0. The number of nitrogens with one attached hydrogen (secondary N) is 1. The predicted molar refractivity (Wildman–Crippen MR) is 131 cm³/mol. The van der Waals surface area contributed by atoms with Crippen LogP contribution in [0.1, 0.15) is 26.4 Å². The third kappa shape index (κ3) is 3.50. The number of aryl methyl sites for hydroxylation is 2. The van der Waals surface area contributed by atoms with Gasteiger partial charge < -0.3 is 11.1 Å². The molecule has 0 spiro atoms. The molecule has 2 aromatic carbocycles. The molecule has 0 aliphatic carbocycles. The summed E-state index contributed by atoms with van der Waals surface area (Å²) >= 11 is 1.56. The lowest BCUT2D eigenvalue weighted by Crippen LogP contribution is -2.15. The van der Waals surface area contributed by atoms with Crippen LogP contribution in [0.4, 0.5) is 11.5 Å². The van der Waals surface area contributed by atoms with Gasteiger partial charge in [0.25, 0.3) is 5.91 Å². The third-order valence-electron chi connectivity index (χ3n) is 5.19. The Bertz CT molecular complexity index is 1500. The molecule has 8 heteroatoms. The van der Waals surface area contributed by atoms with E-state index in [1.807, 2.05) is 73.8 Å². The number of thiophene rings is 1. The fourth-order valence-electron chi connectivity index (χ4n) is 3.52. The highest BCUT2D eigenvalue weighted by Crippen LogP contribution is 2.29. The van der Waals surface area contributed by atoms with E-state index in [4.69, 9.17) is 15.7 Å². The Hall–Kier alpha value is -4.04. The number of hydrogen-bond donors (Lipinski definition) is 2. The second kappa shape index (κ2) is 7.90. The first-order chi connectivity index (χ1) is 15.5. The van der Waals surface area contributed by atoms with Gasteiger partial charge in [-0.1, -0.05) is 30.3 Å². The highest BCUT2D eigenvalue weighted by Gasteiger charge is 2.24. The van der Waals surface area contributed by atoms with Crippen molar-refractivity contribution in [1.82, 2.24) is 14.6 Å². The molecule has 0 aliphatic heterocycles. The molecule has 5 aromatic rings. The first-order valence-electron chi connectivity index (χ1n) is 10.0. The summed E-state index contributed by atoms with van der Waals surface area (Å²) in [4.78, 5) is 23.8. The van der Waals surface area contributed by atoms with Crippen LogP contribution >= 0.6 is 11.3 Å². The zero-order chi connectivity index (χ0) is 22.2. The van der Waals surface area contributed by atoms with Crippen molar-refractivity contribution in [2.75, 3.05) is 11.1 Å². The Balaban J connectivity index is 1.68. The molecule has 3 aromatic heterocycles. The summed E-state index contributed by atoms with van der Waals surface area (Å²) in [6.07, 6.45) is 1.70. The number of nitrogen functional groups attached to an aromatic ring is 1. The molecular weight excluding hydrogens is 420 g/mol. The average molecular weight is 441 g/mol. The van der Waals surface area contributed by atoms with E-state index in [1.54, 1.807) is 17.6 Å². The van der Waals surface area contributed by atoms with Crippen LogP contribution in [0, 0.1) is 13.8 Å². The van der Waals surface area contributed by atoms with Crippen molar-refractivity contribution in [1.29, 1.82) is 0 Å². The Kier molecular flexibility index (Phi) is 4.91. The maximum Gasteiger partial charge on any atom is 0.261 e. The zero-order valence-corrected chi connectivity index (χ0v) is 18.4. The fourth-order valence-corrected chi connectivity index (χ4v) is 4.10. The van der Waals surface area contributed by atoms with Crippen LogP contribution in [0.15, 0.2) is 65.1 Å². The van der Waals surface area contributed by atoms with E-state index in [0.717, 1.165) is 21.7 Å². The Morgan fingerprint density at radius 2 is 1.88 bits per heavy atom. The Morgan fingerprint density at radius 1 is 1.09 bits per heavy atom. The largest absolute Gasteiger partial charge is 0.383 e. The van der Waals surface area contributed by atoms with E-state index in [9.17, 15) is 4.79 Å². The van der Waals surface area contributed by atoms with Gasteiger partial charge >= 0.3 is 0 Å². The van der Waals surface area contributed by atoms with Gasteiger partial charge in [0.2, 0.25) is 0 Å². The second-order valence-electron chi connectivity index (χ2n) is 7.49. The van der Waals surface area contributed by atoms with E-state index >= 15 is 0 Å². The van der Waals surface area contributed by atoms with Crippen molar-refractivity contribution < 1.29 is 4.79 Å². The van der Waals surface area contributed by atoms with Gasteiger partial charge in [-0.2, -0.15) is 9.78 Å². The number of para-hydroxylation sites is 2. The van der Waals surface area contributed by atoms with Crippen LogP contribution in [0.3, 0.4) is 0 Å². The molecule has 1 amide bonds. The predicted octanol–water partition coefficient (Wildman–Crippen LogP) is 4.98. The molecule has 3 heterocycles. The lowest BCUT2D eigenvalue weighted by molar-refractivity contribution is 0.102. The van der Waals surface area contributed by atoms with Crippen LogP contribution in [0.2, 0.25) is 0 Å². The minimum Gasteiger partial charge on any atom is -0.383 e. The number of fused-ring (bicyclic) bond motifs is 2. The lowest BCUT2D eigenvalue weighted by atomic mass is 10.1. The van der Waals surface area contributed by atoms with Gasteiger partial charge in [0, 0.05) is 10.6 Å². The number of aromatic nitrogens is 3. The molecule has 7 nitrogen and oxygen atoms in total. The van der Waals surface area contributed by atoms with Gasteiger partial charge in [-0.25, -0.2) is 9.97 Å². The van der Waals surface area contributed by atoms with Crippen molar-refractivity contribution in [3.63, 3.8) is 0 Å². The van der Waals surface area contributed by atoms with Gasteiger partial charge in [-0.15, -0.1) is 11.3 Å². The quantitative estimate of drug-likeness (QED) is 0.385. The number of rotatable bonds is 4. The summed E-state index contributed by atoms with van der Waals surface area (Å²) in [6.45, 7) is 3.92. The van der Waals surface area contributed by atoms with Crippen LogP contribution in [0.25, 0.3) is 22.2 Å². The summed E-state index contributed by atoms with van der Waals surface area (Å²) in [6, 6.07) is 17.3. The van der Waals surface area contributed by atoms with Crippen LogP contribution in [-0.4, -0.2) is 26.8 Å². The summed E-state index contributed by atoms with van der Waals surface area (Å²) in [5, 5.41) is 9.47. The Morgan fingerprint density at radius 3 is 2.62 bits per heavy atom.